The van der Waals surface area contributed by atoms with Gasteiger partial charge in [-0.05, 0) is 97.4 Å². The van der Waals surface area contributed by atoms with Crippen LogP contribution in [0.5, 0.6) is 11.5 Å². The van der Waals surface area contributed by atoms with E-state index in [1.807, 2.05) is 0 Å². The van der Waals surface area contributed by atoms with Gasteiger partial charge in [-0.2, -0.15) is 0 Å². The van der Waals surface area contributed by atoms with Crippen LogP contribution in [-0.2, 0) is 5.41 Å². The molecule has 57 heavy (non-hydrogen) atoms. The monoisotopic (exact) mass is 725 g/mol. The summed E-state index contributed by atoms with van der Waals surface area (Å²) >= 11 is 0. The van der Waals surface area contributed by atoms with E-state index in [0.29, 0.717) is 0 Å². The summed E-state index contributed by atoms with van der Waals surface area (Å²) in [6.07, 6.45) is 0. The Morgan fingerprint density at radius 2 is 0.860 bits per heavy atom. The number of anilines is 3. The second kappa shape index (κ2) is 12.3. The summed E-state index contributed by atoms with van der Waals surface area (Å²) in [5, 5.41) is 7.05. The molecule has 0 bridgehead atoms. The Kier molecular flexibility index (Phi) is 6.88. The average molecular weight is 726 g/mol. The van der Waals surface area contributed by atoms with Crippen molar-refractivity contribution in [2.24, 2.45) is 0 Å². The molecule has 1 spiro atoms. The highest BCUT2D eigenvalue weighted by molar-refractivity contribution is 6.00. The van der Waals surface area contributed by atoms with E-state index in [2.05, 4.69) is 217 Å². The van der Waals surface area contributed by atoms with E-state index in [-0.39, 0.29) is 0 Å². The summed E-state index contributed by atoms with van der Waals surface area (Å²) in [7, 11) is 0. The van der Waals surface area contributed by atoms with Gasteiger partial charge in [0.1, 0.15) is 11.5 Å². The lowest BCUT2D eigenvalue weighted by molar-refractivity contribution is 0.447. The Morgan fingerprint density at radius 1 is 0.316 bits per heavy atom. The van der Waals surface area contributed by atoms with Gasteiger partial charge in [-0.15, -0.1) is 0 Å². The number of nitrogens with zero attached hydrogens (tertiary/aromatic N) is 1. The van der Waals surface area contributed by atoms with Gasteiger partial charge in [-0.1, -0.05) is 170 Å². The van der Waals surface area contributed by atoms with Crippen LogP contribution in [0.2, 0.25) is 0 Å². The minimum absolute atomic E-state index is 0.566. The van der Waals surface area contributed by atoms with Crippen LogP contribution in [0.3, 0.4) is 0 Å². The Morgan fingerprint density at radius 3 is 1.61 bits per heavy atom. The summed E-state index contributed by atoms with van der Waals surface area (Å²) in [6, 6.07) is 77.4. The van der Waals surface area contributed by atoms with Crippen LogP contribution < -0.4 is 9.64 Å². The van der Waals surface area contributed by atoms with E-state index in [1.165, 1.54) is 66.1 Å². The molecule has 1 aliphatic heterocycles. The molecular formula is C55H35NO. The molecule has 2 nitrogen and oxygen atoms in total. The van der Waals surface area contributed by atoms with Crippen LogP contribution in [0.4, 0.5) is 17.1 Å². The molecule has 2 heteroatoms. The molecule has 266 valence electrons. The number of hydrogen-bond donors (Lipinski definition) is 0. The molecule has 0 saturated carbocycles. The second-order valence-corrected chi connectivity index (χ2v) is 15.2. The molecule has 2 aliphatic rings. The van der Waals surface area contributed by atoms with Gasteiger partial charge in [0.15, 0.2) is 0 Å². The molecule has 0 atom stereocenters. The van der Waals surface area contributed by atoms with Crippen LogP contribution in [0.25, 0.3) is 54.6 Å². The molecule has 10 aromatic rings. The van der Waals surface area contributed by atoms with Crippen molar-refractivity contribution in [3.8, 4) is 33.8 Å². The molecule has 10 aromatic carbocycles. The van der Waals surface area contributed by atoms with Crippen LogP contribution in [0.15, 0.2) is 212 Å². The highest BCUT2D eigenvalue weighted by Gasteiger charge is 2.51. The van der Waals surface area contributed by atoms with Crippen LogP contribution in [-0.4, -0.2) is 0 Å². The number of rotatable bonds is 4. The van der Waals surface area contributed by atoms with Gasteiger partial charge in [0.2, 0.25) is 0 Å². The quantitative estimate of drug-likeness (QED) is 0.179. The summed E-state index contributed by atoms with van der Waals surface area (Å²) in [4.78, 5) is 2.36. The van der Waals surface area contributed by atoms with Crippen molar-refractivity contribution in [2.75, 3.05) is 4.90 Å². The third-order valence-corrected chi connectivity index (χ3v) is 12.3. The Bertz CT molecular complexity index is 3150. The highest BCUT2D eigenvalue weighted by Crippen LogP contribution is 2.64. The van der Waals surface area contributed by atoms with E-state index in [1.54, 1.807) is 0 Å². The van der Waals surface area contributed by atoms with E-state index in [0.717, 1.165) is 39.3 Å². The smallest absolute Gasteiger partial charge is 0.140 e. The molecule has 0 saturated heterocycles. The van der Waals surface area contributed by atoms with Crippen molar-refractivity contribution in [3.05, 3.63) is 235 Å². The largest absolute Gasteiger partial charge is 0.455 e. The molecule has 0 amide bonds. The summed E-state index contributed by atoms with van der Waals surface area (Å²) in [5.74, 6) is 1.87. The average Bonchev–Trinajstić information content (AvgIpc) is 3.56. The molecule has 1 heterocycles. The third-order valence-electron chi connectivity index (χ3n) is 12.3. The van der Waals surface area contributed by atoms with Gasteiger partial charge in [-0.3, -0.25) is 0 Å². The number of hydrogen-bond acceptors (Lipinski definition) is 2. The molecule has 12 rings (SSSR count). The highest BCUT2D eigenvalue weighted by atomic mass is 16.5. The van der Waals surface area contributed by atoms with Gasteiger partial charge < -0.3 is 9.64 Å². The fourth-order valence-electron chi connectivity index (χ4n) is 9.75. The van der Waals surface area contributed by atoms with E-state index in [9.17, 15) is 0 Å². The number of fused-ring (bicyclic) bond motifs is 14. The van der Waals surface area contributed by atoms with E-state index >= 15 is 0 Å². The van der Waals surface area contributed by atoms with Crippen molar-refractivity contribution in [1.82, 2.24) is 0 Å². The van der Waals surface area contributed by atoms with Crippen LogP contribution >= 0.6 is 0 Å². The van der Waals surface area contributed by atoms with E-state index < -0.39 is 5.41 Å². The SMILES string of the molecule is c1ccc(N(c2cccc(-c3ccc4c(c3)-c3ccccc3C43c4ccc5ccccc5c4Oc4c3ccc3ccccc43)c2)c2ccc3ccccc3c2)cc1. The lowest BCUT2D eigenvalue weighted by Crippen LogP contribution is -2.32. The molecule has 0 radical (unpaired) electrons. The first-order chi connectivity index (χ1) is 28.3. The topological polar surface area (TPSA) is 12.5 Å². The molecule has 0 unspecified atom stereocenters. The fourth-order valence-corrected chi connectivity index (χ4v) is 9.75. The normalized spacial score (nSPS) is 13.2. The van der Waals surface area contributed by atoms with Crippen molar-refractivity contribution in [3.63, 3.8) is 0 Å². The zero-order valence-corrected chi connectivity index (χ0v) is 31.1. The Balaban J connectivity index is 1.07. The van der Waals surface area contributed by atoms with Crippen molar-refractivity contribution >= 4 is 49.4 Å². The minimum Gasteiger partial charge on any atom is -0.455 e. The maximum absolute atomic E-state index is 7.14. The molecule has 1 aliphatic carbocycles. The van der Waals surface area contributed by atoms with Gasteiger partial charge in [0, 0.05) is 39.0 Å². The van der Waals surface area contributed by atoms with Gasteiger partial charge in [0.25, 0.3) is 0 Å². The third kappa shape index (κ3) is 4.65. The number of benzene rings is 10. The fraction of sp³-hybridized carbons (Fsp3) is 0.0182. The summed E-state index contributed by atoms with van der Waals surface area (Å²) in [5.41, 5.74) is 12.6. The molecule has 0 fully saturated rings. The maximum atomic E-state index is 7.14. The van der Waals surface area contributed by atoms with Crippen LogP contribution in [0.1, 0.15) is 22.3 Å². The summed E-state index contributed by atoms with van der Waals surface area (Å²) in [6.45, 7) is 0. The lowest BCUT2D eigenvalue weighted by Gasteiger charge is -2.40. The van der Waals surface area contributed by atoms with E-state index in [4.69, 9.17) is 4.74 Å². The van der Waals surface area contributed by atoms with Gasteiger partial charge in [0.05, 0.1) is 5.41 Å². The van der Waals surface area contributed by atoms with Gasteiger partial charge in [-0.25, -0.2) is 0 Å². The number of para-hydroxylation sites is 1. The second-order valence-electron chi connectivity index (χ2n) is 15.2. The first-order valence-corrected chi connectivity index (χ1v) is 19.7. The predicted molar refractivity (Wildman–Crippen MR) is 236 cm³/mol. The zero-order chi connectivity index (χ0) is 37.5. The maximum Gasteiger partial charge on any atom is 0.140 e. The van der Waals surface area contributed by atoms with Gasteiger partial charge >= 0.3 is 0 Å². The summed E-state index contributed by atoms with van der Waals surface area (Å²) < 4.78 is 7.14. The molecule has 0 N–H and O–H groups in total. The van der Waals surface area contributed by atoms with Crippen molar-refractivity contribution in [2.45, 2.75) is 5.41 Å². The zero-order valence-electron chi connectivity index (χ0n) is 31.1. The van der Waals surface area contributed by atoms with Crippen molar-refractivity contribution < 1.29 is 4.74 Å². The number of ether oxygens (including phenoxy) is 1. The predicted octanol–water partition coefficient (Wildman–Crippen LogP) is 14.8. The minimum atomic E-state index is -0.566. The first-order valence-electron chi connectivity index (χ1n) is 19.7. The molecule has 0 aromatic heterocycles. The lowest BCUT2D eigenvalue weighted by atomic mass is 9.65. The van der Waals surface area contributed by atoms with Crippen molar-refractivity contribution in [1.29, 1.82) is 0 Å². The molecular weight excluding hydrogens is 691 g/mol. The first kappa shape index (κ1) is 31.9. The standard InChI is InChI=1S/C55H35NO/c1-2-18-42(19-3-1)56(44-29-25-36-13-4-5-16-39(36)33-44)43-20-12-17-40(34-43)41-28-30-50-48(35-41)47-23-10-11-24-49(47)55(50)51-31-26-37-14-6-8-21-45(37)53(51)57-54-46-22-9-7-15-38(46)27-32-52(54)55/h1-35H. The Labute approximate surface area is 331 Å². The Hall–Kier alpha value is -7.42. The van der Waals surface area contributed by atoms with Crippen LogP contribution in [0, 0.1) is 0 Å².